The van der Waals surface area contributed by atoms with Gasteiger partial charge in [0.15, 0.2) is 17.4 Å². The molecule has 2 heterocycles. The summed E-state index contributed by atoms with van der Waals surface area (Å²) in [5, 5.41) is 8.59. The Hall–Kier alpha value is -2.21. The zero-order valence-electron chi connectivity index (χ0n) is 14.4. The van der Waals surface area contributed by atoms with Gasteiger partial charge in [-0.3, -0.25) is 4.90 Å². The van der Waals surface area contributed by atoms with E-state index in [9.17, 15) is 4.39 Å². The molecule has 0 aliphatic carbocycles. The van der Waals surface area contributed by atoms with E-state index in [1.54, 1.807) is 12.1 Å². The topological polar surface area (TPSA) is 41.5 Å². The van der Waals surface area contributed by atoms with Gasteiger partial charge in [0.2, 0.25) is 0 Å². The Bertz CT molecular complexity index is 682. The number of aromatic nitrogens is 2. The van der Waals surface area contributed by atoms with Crippen LogP contribution in [0.25, 0.3) is 11.3 Å². The minimum atomic E-state index is -0.398. The SMILES string of the molecule is COc1ccc(-c2ccc(N3CCN(C(C)C)CC3)nn2)cc1F. The molecule has 0 radical (unpaired) electrons. The van der Waals surface area contributed by atoms with Crippen LogP contribution in [0.1, 0.15) is 13.8 Å². The van der Waals surface area contributed by atoms with Crippen molar-refractivity contribution in [3.05, 3.63) is 36.1 Å². The lowest BCUT2D eigenvalue weighted by molar-refractivity contribution is 0.209. The molecular formula is C18H23FN4O. The predicted molar refractivity (Wildman–Crippen MR) is 92.9 cm³/mol. The van der Waals surface area contributed by atoms with E-state index in [4.69, 9.17) is 4.74 Å². The Labute approximate surface area is 142 Å². The van der Waals surface area contributed by atoms with Crippen LogP contribution in [0.3, 0.4) is 0 Å². The number of piperazine rings is 1. The first kappa shape index (κ1) is 16.6. The van der Waals surface area contributed by atoms with E-state index >= 15 is 0 Å². The van der Waals surface area contributed by atoms with Crippen LogP contribution in [-0.4, -0.2) is 54.4 Å². The highest BCUT2D eigenvalue weighted by Gasteiger charge is 2.20. The molecule has 128 valence electrons. The molecular weight excluding hydrogens is 307 g/mol. The van der Waals surface area contributed by atoms with Gasteiger partial charge in [-0.05, 0) is 44.2 Å². The molecule has 0 atom stereocenters. The van der Waals surface area contributed by atoms with Gasteiger partial charge in [0.25, 0.3) is 0 Å². The Balaban J connectivity index is 1.71. The molecule has 5 nitrogen and oxygen atoms in total. The highest BCUT2D eigenvalue weighted by Crippen LogP contribution is 2.25. The Morgan fingerprint density at radius 2 is 1.79 bits per heavy atom. The van der Waals surface area contributed by atoms with Crippen LogP contribution in [0.5, 0.6) is 5.75 Å². The second-order valence-electron chi connectivity index (χ2n) is 6.24. The van der Waals surface area contributed by atoms with E-state index in [0.717, 1.165) is 32.0 Å². The van der Waals surface area contributed by atoms with Crippen molar-refractivity contribution in [2.45, 2.75) is 19.9 Å². The van der Waals surface area contributed by atoms with Crippen LogP contribution in [0.2, 0.25) is 0 Å². The molecule has 2 aromatic rings. The average Bonchev–Trinajstić information content (AvgIpc) is 2.62. The third kappa shape index (κ3) is 3.48. The molecule has 1 aliphatic rings. The average molecular weight is 330 g/mol. The molecule has 0 amide bonds. The van der Waals surface area contributed by atoms with Gasteiger partial charge < -0.3 is 9.64 Å². The molecule has 3 rings (SSSR count). The molecule has 0 bridgehead atoms. The summed E-state index contributed by atoms with van der Waals surface area (Å²) in [6.45, 7) is 8.40. The predicted octanol–water partition coefficient (Wildman–Crippen LogP) is 2.82. The quantitative estimate of drug-likeness (QED) is 0.862. The van der Waals surface area contributed by atoms with Gasteiger partial charge >= 0.3 is 0 Å². The van der Waals surface area contributed by atoms with E-state index < -0.39 is 5.82 Å². The first-order chi connectivity index (χ1) is 11.6. The van der Waals surface area contributed by atoms with E-state index in [-0.39, 0.29) is 5.75 Å². The van der Waals surface area contributed by atoms with Gasteiger partial charge in [0.1, 0.15) is 0 Å². The lowest BCUT2D eigenvalue weighted by Crippen LogP contribution is -2.49. The maximum Gasteiger partial charge on any atom is 0.165 e. The fraction of sp³-hybridized carbons (Fsp3) is 0.444. The van der Waals surface area contributed by atoms with E-state index in [2.05, 4.69) is 33.8 Å². The molecule has 1 fully saturated rings. The van der Waals surface area contributed by atoms with Crippen LogP contribution < -0.4 is 9.64 Å². The number of nitrogens with zero attached hydrogens (tertiary/aromatic N) is 4. The minimum absolute atomic E-state index is 0.228. The van der Waals surface area contributed by atoms with Crippen molar-refractivity contribution in [2.24, 2.45) is 0 Å². The zero-order chi connectivity index (χ0) is 17.1. The summed E-state index contributed by atoms with van der Waals surface area (Å²) in [6, 6.07) is 9.22. The number of benzene rings is 1. The van der Waals surface area contributed by atoms with Gasteiger partial charge in [-0.25, -0.2) is 4.39 Å². The fourth-order valence-electron chi connectivity index (χ4n) is 2.94. The molecule has 24 heavy (non-hydrogen) atoms. The van der Waals surface area contributed by atoms with Gasteiger partial charge in [-0.15, -0.1) is 10.2 Å². The number of hydrogen-bond acceptors (Lipinski definition) is 5. The molecule has 0 spiro atoms. The lowest BCUT2D eigenvalue weighted by atomic mass is 10.1. The van der Waals surface area contributed by atoms with Crippen molar-refractivity contribution < 1.29 is 9.13 Å². The number of hydrogen-bond donors (Lipinski definition) is 0. The van der Waals surface area contributed by atoms with Gasteiger partial charge in [-0.1, -0.05) is 0 Å². The zero-order valence-corrected chi connectivity index (χ0v) is 14.4. The van der Waals surface area contributed by atoms with E-state index in [1.165, 1.54) is 13.2 Å². The molecule has 1 saturated heterocycles. The van der Waals surface area contributed by atoms with Crippen molar-refractivity contribution in [3.8, 4) is 17.0 Å². The Morgan fingerprint density at radius 1 is 1.04 bits per heavy atom. The first-order valence-corrected chi connectivity index (χ1v) is 8.25. The maximum absolute atomic E-state index is 13.8. The van der Waals surface area contributed by atoms with Crippen molar-refractivity contribution in [3.63, 3.8) is 0 Å². The van der Waals surface area contributed by atoms with Crippen LogP contribution in [0.4, 0.5) is 10.2 Å². The fourth-order valence-corrected chi connectivity index (χ4v) is 2.94. The molecule has 1 aromatic heterocycles. The second kappa shape index (κ2) is 7.13. The molecule has 0 N–H and O–H groups in total. The number of ether oxygens (including phenoxy) is 1. The first-order valence-electron chi connectivity index (χ1n) is 8.25. The molecule has 0 unspecified atom stereocenters. The van der Waals surface area contributed by atoms with Gasteiger partial charge in [0.05, 0.1) is 12.8 Å². The number of rotatable bonds is 4. The summed E-state index contributed by atoms with van der Waals surface area (Å²) in [4.78, 5) is 4.70. The summed E-state index contributed by atoms with van der Waals surface area (Å²) < 4.78 is 18.8. The summed E-state index contributed by atoms with van der Waals surface area (Å²) in [7, 11) is 1.45. The summed E-state index contributed by atoms with van der Waals surface area (Å²) in [6.07, 6.45) is 0. The summed E-state index contributed by atoms with van der Waals surface area (Å²) >= 11 is 0. The van der Waals surface area contributed by atoms with Crippen molar-refractivity contribution in [1.29, 1.82) is 0 Å². The van der Waals surface area contributed by atoms with Crippen LogP contribution in [0, 0.1) is 5.82 Å². The third-order valence-corrected chi connectivity index (χ3v) is 4.47. The van der Waals surface area contributed by atoms with Gasteiger partial charge in [-0.2, -0.15) is 0 Å². The molecule has 0 saturated carbocycles. The number of halogens is 1. The van der Waals surface area contributed by atoms with Crippen molar-refractivity contribution in [2.75, 3.05) is 38.2 Å². The molecule has 6 heteroatoms. The van der Waals surface area contributed by atoms with E-state index in [0.29, 0.717) is 17.3 Å². The highest BCUT2D eigenvalue weighted by atomic mass is 19.1. The van der Waals surface area contributed by atoms with Crippen LogP contribution in [-0.2, 0) is 0 Å². The molecule has 1 aromatic carbocycles. The van der Waals surface area contributed by atoms with Crippen LogP contribution >= 0.6 is 0 Å². The number of anilines is 1. The Morgan fingerprint density at radius 3 is 2.33 bits per heavy atom. The standard InChI is InChI=1S/C18H23FN4O/c1-13(2)22-8-10-23(11-9-22)18-7-5-16(20-21-18)14-4-6-17(24-3)15(19)12-14/h4-7,12-13H,8-11H2,1-3H3. The lowest BCUT2D eigenvalue weighted by Gasteiger charge is -2.37. The van der Waals surface area contributed by atoms with Crippen molar-refractivity contribution >= 4 is 5.82 Å². The maximum atomic E-state index is 13.8. The monoisotopic (exact) mass is 330 g/mol. The third-order valence-electron chi connectivity index (χ3n) is 4.47. The normalized spacial score (nSPS) is 15.8. The largest absolute Gasteiger partial charge is 0.494 e. The van der Waals surface area contributed by atoms with Crippen LogP contribution in [0.15, 0.2) is 30.3 Å². The van der Waals surface area contributed by atoms with Crippen molar-refractivity contribution in [1.82, 2.24) is 15.1 Å². The summed E-state index contributed by atoms with van der Waals surface area (Å²) in [5.74, 6) is 0.702. The molecule has 1 aliphatic heterocycles. The van der Waals surface area contributed by atoms with Gasteiger partial charge in [0, 0.05) is 37.8 Å². The highest BCUT2D eigenvalue weighted by molar-refractivity contribution is 5.61. The summed E-state index contributed by atoms with van der Waals surface area (Å²) in [5.41, 5.74) is 1.35. The smallest absolute Gasteiger partial charge is 0.165 e. The number of methoxy groups -OCH3 is 1. The van der Waals surface area contributed by atoms with E-state index in [1.807, 2.05) is 12.1 Å². The second-order valence-corrected chi connectivity index (χ2v) is 6.24. The minimum Gasteiger partial charge on any atom is -0.494 e. The Kier molecular flexibility index (Phi) is 4.94.